The van der Waals surface area contributed by atoms with Gasteiger partial charge in [-0.3, -0.25) is 4.90 Å². The Balaban J connectivity index is 2.45. The summed E-state index contributed by atoms with van der Waals surface area (Å²) < 4.78 is 4.62. The molecule has 2 rings (SSSR count). The van der Waals surface area contributed by atoms with Crippen molar-refractivity contribution in [2.75, 3.05) is 7.11 Å². The number of methoxy groups -OCH3 is 1. The van der Waals surface area contributed by atoms with Crippen molar-refractivity contribution in [3.63, 3.8) is 0 Å². The number of benzene rings is 1. The zero-order valence-electron chi connectivity index (χ0n) is 8.75. The van der Waals surface area contributed by atoms with E-state index in [-0.39, 0.29) is 0 Å². The summed E-state index contributed by atoms with van der Waals surface area (Å²) in [5.41, 5.74) is 1.77. The molecule has 0 aliphatic carbocycles. The highest BCUT2D eigenvalue weighted by molar-refractivity contribution is 5.74. The number of nitriles is 1. The van der Waals surface area contributed by atoms with Crippen LogP contribution in [-0.4, -0.2) is 18.1 Å². The van der Waals surface area contributed by atoms with E-state index in [4.69, 9.17) is 5.26 Å². The molecule has 1 aromatic carbocycles. The predicted octanol–water partition coefficient (Wildman–Crippen LogP) is 2.30. The number of hydrogen-bond acceptors (Lipinski definition) is 3. The Hall–Kier alpha value is -2.28. The summed E-state index contributed by atoms with van der Waals surface area (Å²) in [6.07, 6.45) is 2.83. The molecule has 0 bridgehead atoms. The lowest BCUT2D eigenvalue weighted by molar-refractivity contribution is 0.133. The second kappa shape index (κ2) is 4.07. The molecule has 0 fully saturated rings. The molecule has 0 N–H and O–H groups in total. The zero-order valence-corrected chi connectivity index (χ0v) is 8.75. The van der Waals surface area contributed by atoms with Crippen molar-refractivity contribution in [3.8, 4) is 6.07 Å². The molecule has 80 valence electrons. The monoisotopic (exact) mass is 214 g/mol. The molecule has 1 aliphatic rings. The van der Waals surface area contributed by atoms with E-state index in [1.807, 2.05) is 24.3 Å². The van der Waals surface area contributed by atoms with Crippen molar-refractivity contribution in [1.29, 1.82) is 5.26 Å². The molecular weight excluding hydrogens is 204 g/mol. The number of amides is 1. The number of rotatable bonds is 0. The fourth-order valence-electron chi connectivity index (χ4n) is 1.71. The Morgan fingerprint density at radius 2 is 2.25 bits per heavy atom. The largest absolute Gasteiger partial charge is 0.452 e. The average molecular weight is 214 g/mol. The van der Waals surface area contributed by atoms with Crippen LogP contribution in [0.3, 0.4) is 0 Å². The highest BCUT2D eigenvalue weighted by Gasteiger charge is 2.28. The van der Waals surface area contributed by atoms with E-state index in [0.29, 0.717) is 0 Å². The summed E-state index contributed by atoms with van der Waals surface area (Å²) in [7, 11) is 1.30. The first-order chi connectivity index (χ1) is 7.77. The van der Waals surface area contributed by atoms with E-state index < -0.39 is 12.1 Å². The summed E-state index contributed by atoms with van der Waals surface area (Å²) in [4.78, 5) is 12.7. The topological polar surface area (TPSA) is 53.3 Å². The van der Waals surface area contributed by atoms with E-state index in [9.17, 15) is 4.79 Å². The minimum atomic E-state index is -0.617. The molecule has 1 aromatic rings. The van der Waals surface area contributed by atoms with E-state index in [1.165, 1.54) is 12.0 Å². The van der Waals surface area contributed by atoms with Crippen molar-refractivity contribution in [2.24, 2.45) is 0 Å². The first-order valence-corrected chi connectivity index (χ1v) is 4.81. The second-order valence-electron chi connectivity index (χ2n) is 3.35. The number of carbonyl (C=O) groups is 1. The Labute approximate surface area is 93.4 Å². The number of ether oxygens (including phenoxy) is 1. The highest BCUT2D eigenvalue weighted by Crippen LogP contribution is 2.29. The molecule has 4 nitrogen and oxygen atoms in total. The summed E-state index contributed by atoms with van der Waals surface area (Å²) in [6, 6.07) is 8.97. The summed E-state index contributed by atoms with van der Waals surface area (Å²) in [5.74, 6) is 0. The third-order valence-electron chi connectivity index (χ3n) is 2.49. The molecule has 1 heterocycles. The van der Waals surface area contributed by atoms with Crippen LogP contribution in [0.1, 0.15) is 17.2 Å². The molecule has 0 spiro atoms. The average Bonchev–Trinajstić information content (AvgIpc) is 2.36. The van der Waals surface area contributed by atoms with Crippen molar-refractivity contribution >= 4 is 12.2 Å². The van der Waals surface area contributed by atoms with Crippen LogP contribution in [0.5, 0.6) is 0 Å². The Bertz CT molecular complexity index is 488. The van der Waals surface area contributed by atoms with Gasteiger partial charge >= 0.3 is 6.09 Å². The maximum absolute atomic E-state index is 11.4. The van der Waals surface area contributed by atoms with Crippen LogP contribution >= 0.6 is 0 Å². The lowest BCUT2D eigenvalue weighted by Gasteiger charge is -2.27. The van der Waals surface area contributed by atoms with Crippen molar-refractivity contribution in [2.45, 2.75) is 6.04 Å². The number of nitrogens with zero attached hydrogens (tertiary/aromatic N) is 2. The molecule has 1 aliphatic heterocycles. The van der Waals surface area contributed by atoms with Crippen molar-refractivity contribution < 1.29 is 9.53 Å². The number of fused-ring (bicyclic) bond motifs is 1. The standard InChI is InChI=1S/C12H10N2O2/c1-16-12(15)14-7-6-9-4-2-3-5-10(9)11(14)8-13/h2-7,11H,1H3/t11-/m1/s1. The van der Waals surface area contributed by atoms with E-state index in [2.05, 4.69) is 10.8 Å². The van der Waals surface area contributed by atoms with Crippen LogP contribution in [-0.2, 0) is 4.74 Å². The van der Waals surface area contributed by atoms with Crippen molar-refractivity contribution in [3.05, 3.63) is 41.6 Å². The fraction of sp³-hybridized carbons (Fsp3) is 0.167. The van der Waals surface area contributed by atoms with Crippen LogP contribution in [0.4, 0.5) is 4.79 Å². The predicted molar refractivity (Wildman–Crippen MR) is 58.1 cm³/mol. The van der Waals surface area contributed by atoms with Gasteiger partial charge in [-0.1, -0.05) is 24.3 Å². The Morgan fingerprint density at radius 3 is 2.94 bits per heavy atom. The van der Waals surface area contributed by atoms with Crippen LogP contribution in [0, 0.1) is 11.3 Å². The lowest BCUT2D eigenvalue weighted by Crippen LogP contribution is -2.31. The molecular formula is C12H10N2O2. The maximum Gasteiger partial charge on any atom is 0.414 e. The van der Waals surface area contributed by atoms with E-state index in [0.717, 1.165) is 11.1 Å². The molecule has 0 saturated carbocycles. The minimum Gasteiger partial charge on any atom is -0.452 e. The van der Waals surface area contributed by atoms with Crippen LogP contribution in [0.25, 0.3) is 6.08 Å². The first-order valence-electron chi connectivity index (χ1n) is 4.81. The molecule has 0 radical (unpaired) electrons. The van der Waals surface area contributed by atoms with Crippen LogP contribution < -0.4 is 0 Å². The van der Waals surface area contributed by atoms with Crippen LogP contribution in [0.2, 0.25) is 0 Å². The fourth-order valence-corrected chi connectivity index (χ4v) is 1.71. The van der Waals surface area contributed by atoms with Gasteiger partial charge in [0.15, 0.2) is 6.04 Å². The maximum atomic E-state index is 11.4. The molecule has 0 aromatic heterocycles. The van der Waals surface area contributed by atoms with Gasteiger partial charge in [-0.25, -0.2) is 4.79 Å². The molecule has 1 amide bonds. The summed E-state index contributed by atoms with van der Waals surface area (Å²) >= 11 is 0. The van der Waals surface area contributed by atoms with Gasteiger partial charge in [0.05, 0.1) is 13.2 Å². The molecule has 1 atom stereocenters. The molecule has 0 unspecified atom stereocenters. The highest BCUT2D eigenvalue weighted by atomic mass is 16.5. The lowest BCUT2D eigenvalue weighted by atomic mass is 9.97. The van der Waals surface area contributed by atoms with Crippen LogP contribution in [0.15, 0.2) is 30.5 Å². The molecule has 0 saturated heterocycles. The normalized spacial score (nSPS) is 17.5. The van der Waals surface area contributed by atoms with Gasteiger partial charge in [0.1, 0.15) is 0 Å². The number of hydrogen-bond donors (Lipinski definition) is 0. The third-order valence-corrected chi connectivity index (χ3v) is 2.49. The second-order valence-corrected chi connectivity index (χ2v) is 3.35. The van der Waals surface area contributed by atoms with Gasteiger partial charge in [-0.2, -0.15) is 5.26 Å². The Morgan fingerprint density at radius 1 is 1.50 bits per heavy atom. The van der Waals surface area contributed by atoms with E-state index in [1.54, 1.807) is 12.3 Å². The summed E-state index contributed by atoms with van der Waals surface area (Å²) in [5, 5.41) is 9.12. The SMILES string of the molecule is COC(=O)N1C=Cc2ccccc2[C@H]1C#N. The zero-order chi connectivity index (χ0) is 11.5. The quantitative estimate of drug-likeness (QED) is 0.665. The van der Waals surface area contributed by atoms with Gasteiger partial charge in [-0.15, -0.1) is 0 Å². The third kappa shape index (κ3) is 1.52. The minimum absolute atomic E-state index is 0.530. The van der Waals surface area contributed by atoms with Gasteiger partial charge in [0, 0.05) is 6.20 Å². The number of carbonyl (C=O) groups excluding carboxylic acids is 1. The van der Waals surface area contributed by atoms with Gasteiger partial charge in [0.25, 0.3) is 0 Å². The molecule has 4 heteroatoms. The first kappa shape index (κ1) is 10.2. The van der Waals surface area contributed by atoms with E-state index >= 15 is 0 Å². The smallest absolute Gasteiger partial charge is 0.414 e. The summed E-state index contributed by atoms with van der Waals surface area (Å²) in [6.45, 7) is 0. The van der Waals surface area contributed by atoms with Gasteiger partial charge < -0.3 is 4.74 Å². The van der Waals surface area contributed by atoms with Gasteiger partial charge in [0.2, 0.25) is 0 Å². The molecule has 16 heavy (non-hydrogen) atoms. The van der Waals surface area contributed by atoms with Crippen molar-refractivity contribution in [1.82, 2.24) is 4.90 Å². The Kier molecular flexibility index (Phi) is 2.61. The van der Waals surface area contributed by atoms with Gasteiger partial charge in [-0.05, 0) is 17.2 Å².